The van der Waals surface area contributed by atoms with Crippen molar-refractivity contribution in [2.45, 2.75) is 0 Å². The molecule has 0 aliphatic carbocycles. The topological polar surface area (TPSA) is 90.2 Å². The Bertz CT molecular complexity index is 749. The third kappa shape index (κ3) is 3.38. The van der Waals surface area contributed by atoms with E-state index in [1.807, 2.05) is 6.07 Å². The first-order valence-electron chi connectivity index (χ1n) is 5.85. The minimum atomic E-state index is -1.21. The van der Waals surface area contributed by atoms with Crippen LogP contribution < -0.4 is 5.32 Å². The van der Waals surface area contributed by atoms with E-state index < -0.39 is 11.9 Å². The third-order valence-corrected chi connectivity index (χ3v) is 2.96. The van der Waals surface area contributed by atoms with Crippen LogP contribution >= 0.6 is 11.6 Å². The fraction of sp³-hybridized carbons (Fsp3) is 0. The molecule has 0 bridgehead atoms. The van der Waals surface area contributed by atoms with Gasteiger partial charge in [0.05, 0.1) is 22.8 Å². The second kappa shape index (κ2) is 6.07. The molecule has 0 unspecified atom stereocenters. The fourth-order valence-electron chi connectivity index (χ4n) is 1.72. The summed E-state index contributed by atoms with van der Waals surface area (Å²) in [7, 11) is 0. The summed E-state index contributed by atoms with van der Waals surface area (Å²) in [6.45, 7) is 0. The Hall–Kier alpha value is -2.84. The summed E-state index contributed by atoms with van der Waals surface area (Å²) in [4.78, 5) is 23.3. The number of rotatable bonds is 3. The normalized spacial score (nSPS) is 9.71. The molecule has 6 heteroatoms. The number of carbonyl (C=O) groups is 2. The maximum absolute atomic E-state index is 12.1. The zero-order chi connectivity index (χ0) is 15.4. The van der Waals surface area contributed by atoms with E-state index in [2.05, 4.69) is 5.32 Å². The molecule has 0 aromatic heterocycles. The molecule has 5 nitrogen and oxygen atoms in total. The SMILES string of the molecule is N#Cc1ccc(NC(=O)c2cc(Cl)ccc2C(=O)O)cc1. The molecule has 2 N–H and O–H groups in total. The van der Waals surface area contributed by atoms with Crippen molar-refractivity contribution < 1.29 is 14.7 Å². The van der Waals surface area contributed by atoms with Gasteiger partial charge in [0, 0.05) is 10.7 Å². The number of anilines is 1. The Kier molecular flexibility index (Phi) is 4.21. The number of carboxylic acid groups (broad SMARTS) is 1. The molecule has 0 spiro atoms. The van der Waals surface area contributed by atoms with Gasteiger partial charge in [0.15, 0.2) is 0 Å². The summed E-state index contributed by atoms with van der Waals surface area (Å²) in [5.41, 5.74) is 0.752. The highest BCUT2D eigenvalue weighted by Gasteiger charge is 2.17. The highest BCUT2D eigenvalue weighted by Crippen LogP contribution is 2.18. The van der Waals surface area contributed by atoms with E-state index in [0.717, 1.165) is 0 Å². The predicted molar refractivity (Wildman–Crippen MR) is 77.5 cm³/mol. The summed E-state index contributed by atoms with van der Waals surface area (Å²) in [6.07, 6.45) is 0. The van der Waals surface area contributed by atoms with Crippen molar-refractivity contribution in [1.82, 2.24) is 0 Å². The molecule has 0 aliphatic heterocycles. The standard InChI is InChI=1S/C15H9ClN2O3/c16-10-3-6-12(15(20)21)13(7-10)14(19)18-11-4-1-9(8-17)2-5-11/h1-7H,(H,18,19)(H,20,21). The first-order chi connectivity index (χ1) is 10.0. The highest BCUT2D eigenvalue weighted by atomic mass is 35.5. The van der Waals surface area contributed by atoms with E-state index in [-0.39, 0.29) is 16.1 Å². The fourth-order valence-corrected chi connectivity index (χ4v) is 1.89. The molecule has 2 rings (SSSR count). The molecule has 0 fully saturated rings. The zero-order valence-corrected chi connectivity index (χ0v) is 11.4. The maximum Gasteiger partial charge on any atom is 0.336 e. The van der Waals surface area contributed by atoms with Crippen molar-refractivity contribution in [2.75, 3.05) is 5.32 Å². The van der Waals surface area contributed by atoms with Crippen LogP contribution in [-0.2, 0) is 0 Å². The van der Waals surface area contributed by atoms with Crippen LogP contribution in [0.4, 0.5) is 5.69 Å². The van der Waals surface area contributed by atoms with Crippen LogP contribution in [0.3, 0.4) is 0 Å². The average Bonchev–Trinajstić information content (AvgIpc) is 2.47. The van der Waals surface area contributed by atoms with Crippen molar-refractivity contribution in [2.24, 2.45) is 0 Å². The van der Waals surface area contributed by atoms with E-state index in [0.29, 0.717) is 11.3 Å². The average molecular weight is 301 g/mol. The Labute approximate surface area is 125 Å². The summed E-state index contributed by atoms with van der Waals surface area (Å²) < 4.78 is 0. The maximum atomic E-state index is 12.1. The molecule has 0 saturated carbocycles. The monoisotopic (exact) mass is 300 g/mol. The summed E-state index contributed by atoms with van der Waals surface area (Å²) in [6, 6.07) is 12.1. The second-order valence-electron chi connectivity index (χ2n) is 4.14. The quantitative estimate of drug-likeness (QED) is 0.911. The van der Waals surface area contributed by atoms with Gasteiger partial charge in [-0.15, -0.1) is 0 Å². The number of carbonyl (C=O) groups excluding carboxylic acids is 1. The molecule has 21 heavy (non-hydrogen) atoms. The molecule has 0 atom stereocenters. The number of hydrogen-bond donors (Lipinski definition) is 2. The van der Waals surface area contributed by atoms with E-state index in [1.54, 1.807) is 24.3 Å². The molecule has 2 aromatic rings. The van der Waals surface area contributed by atoms with Gasteiger partial charge in [0.25, 0.3) is 5.91 Å². The lowest BCUT2D eigenvalue weighted by molar-refractivity contribution is 0.0692. The van der Waals surface area contributed by atoms with Gasteiger partial charge in [-0.1, -0.05) is 11.6 Å². The van der Waals surface area contributed by atoms with Crippen molar-refractivity contribution in [3.8, 4) is 6.07 Å². The van der Waals surface area contributed by atoms with Gasteiger partial charge in [0.1, 0.15) is 0 Å². The van der Waals surface area contributed by atoms with Crippen LogP contribution in [0.2, 0.25) is 5.02 Å². The van der Waals surface area contributed by atoms with Gasteiger partial charge in [-0.2, -0.15) is 5.26 Å². The first-order valence-corrected chi connectivity index (χ1v) is 6.23. The number of nitriles is 1. The minimum absolute atomic E-state index is 0.0284. The summed E-state index contributed by atoms with van der Waals surface area (Å²) in [5, 5.41) is 20.6. The third-order valence-electron chi connectivity index (χ3n) is 2.73. The van der Waals surface area contributed by atoms with Gasteiger partial charge in [-0.3, -0.25) is 4.79 Å². The van der Waals surface area contributed by atoms with Crippen molar-refractivity contribution in [3.63, 3.8) is 0 Å². The lowest BCUT2D eigenvalue weighted by Gasteiger charge is -2.08. The van der Waals surface area contributed by atoms with E-state index in [9.17, 15) is 9.59 Å². The molecular formula is C15H9ClN2O3. The largest absolute Gasteiger partial charge is 0.478 e. The van der Waals surface area contributed by atoms with Gasteiger partial charge < -0.3 is 10.4 Å². The predicted octanol–water partition coefficient (Wildman–Crippen LogP) is 3.16. The van der Waals surface area contributed by atoms with Gasteiger partial charge >= 0.3 is 5.97 Å². The minimum Gasteiger partial charge on any atom is -0.478 e. The molecule has 0 saturated heterocycles. The number of carboxylic acids is 1. The Balaban J connectivity index is 2.29. The van der Waals surface area contributed by atoms with Gasteiger partial charge in [-0.05, 0) is 42.5 Å². The number of nitrogens with one attached hydrogen (secondary N) is 1. The molecule has 0 heterocycles. The number of nitrogens with zero attached hydrogens (tertiary/aromatic N) is 1. The van der Waals surface area contributed by atoms with Crippen LogP contribution in [0.15, 0.2) is 42.5 Å². The van der Waals surface area contributed by atoms with E-state index in [1.165, 1.54) is 18.2 Å². The van der Waals surface area contributed by atoms with Crippen molar-refractivity contribution in [3.05, 3.63) is 64.2 Å². The Morgan fingerprint density at radius 2 is 1.76 bits per heavy atom. The van der Waals surface area contributed by atoms with Crippen molar-refractivity contribution in [1.29, 1.82) is 5.26 Å². The lowest BCUT2D eigenvalue weighted by Crippen LogP contribution is -2.16. The number of hydrogen-bond acceptors (Lipinski definition) is 3. The van der Waals surface area contributed by atoms with Crippen LogP contribution in [-0.4, -0.2) is 17.0 Å². The number of benzene rings is 2. The highest BCUT2D eigenvalue weighted by molar-refractivity contribution is 6.31. The molecule has 104 valence electrons. The Morgan fingerprint density at radius 3 is 2.33 bits per heavy atom. The molecule has 0 aliphatic rings. The lowest BCUT2D eigenvalue weighted by atomic mass is 10.1. The first kappa shape index (κ1) is 14.6. The second-order valence-corrected chi connectivity index (χ2v) is 4.57. The molecule has 0 radical (unpaired) electrons. The zero-order valence-electron chi connectivity index (χ0n) is 10.6. The van der Waals surface area contributed by atoms with Crippen LogP contribution in [0.1, 0.15) is 26.3 Å². The van der Waals surface area contributed by atoms with Crippen LogP contribution in [0, 0.1) is 11.3 Å². The number of amides is 1. The number of halogens is 1. The van der Waals surface area contributed by atoms with Gasteiger partial charge in [0.2, 0.25) is 0 Å². The Morgan fingerprint density at radius 1 is 1.10 bits per heavy atom. The van der Waals surface area contributed by atoms with Crippen molar-refractivity contribution >= 4 is 29.2 Å². The smallest absolute Gasteiger partial charge is 0.336 e. The number of aromatic carboxylic acids is 1. The molecular weight excluding hydrogens is 292 g/mol. The summed E-state index contributed by atoms with van der Waals surface area (Å²) in [5.74, 6) is -1.80. The molecule has 2 aromatic carbocycles. The van der Waals surface area contributed by atoms with Crippen LogP contribution in [0.25, 0.3) is 0 Å². The van der Waals surface area contributed by atoms with E-state index >= 15 is 0 Å². The van der Waals surface area contributed by atoms with Crippen LogP contribution in [0.5, 0.6) is 0 Å². The molecule has 1 amide bonds. The van der Waals surface area contributed by atoms with E-state index in [4.69, 9.17) is 22.0 Å². The summed E-state index contributed by atoms with van der Waals surface area (Å²) >= 11 is 5.80. The van der Waals surface area contributed by atoms with Gasteiger partial charge in [-0.25, -0.2) is 4.79 Å².